The first-order valence-electron chi connectivity index (χ1n) is 6.12. The summed E-state index contributed by atoms with van der Waals surface area (Å²) in [6.07, 6.45) is 6.09. The number of pyridine rings is 1. The van der Waals surface area contributed by atoms with Crippen molar-refractivity contribution in [1.29, 1.82) is 0 Å². The number of rotatable bonds is 3. The highest BCUT2D eigenvalue weighted by atomic mass is 35.5. The van der Waals surface area contributed by atoms with Gasteiger partial charge in [0, 0.05) is 12.2 Å². The van der Waals surface area contributed by atoms with Gasteiger partial charge in [-0.3, -0.25) is 14.4 Å². The summed E-state index contributed by atoms with van der Waals surface area (Å²) in [5.41, 5.74) is 5.09. The van der Waals surface area contributed by atoms with Gasteiger partial charge in [-0.05, 0) is 18.9 Å². The molecule has 106 valence electrons. The van der Waals surface area contributed by atoms with Crippen LogP contribution < -0.4 is 16.6 Å². The van der Waals surface area contributed by atoms with Crippen molar-refractivity contribution in [2.24, 2.45) is 11.7 Å². The number of carbonyl (C=O) groups excluding carboxylic acids is 2. The molecule has 1 aromatic heterocycles. The number of aromatic nitrogens is 1. The summed E-state index contributed by atoms with van der Waals surface area (Å²) >= 11 is 5.67. The summed E-state index contributed by atoms with van der Waals surface area (Å²) in [6, 6.07) is 0.934. The van der Waals surface area contributed by atoms with Crippen LogP contribution in [0.2, 0.25) is 5.02 Å². The lowest BCUT2D eigenvalue weighted by Crippen LogP contribution is -2.46. The lowest BCUT2D eigenvalue weighted by Gasteiger charge is -2.26. The second-order valence-electron chi connectivity index (χ2n) is 4.60. The Labute approximate surface area is 120 Å². The van der Waals surface area contributed by atoms with Gasteiger partial charge in [-0.2, -0.15) is 0 Å². The Hall–Kier alpha value is -2.08. The zero-order valence-corrected chi connectivity index (χ0v) is 11.3. The van der Waals surface area contributed by atoms with E-state index in [1.54, 1.807) is 0 Å². The Morgan fingerprint density at radius 1 is 1.35 bits per heavy atom. The fraction of sp³-hybridized carbons (Fsp3) is 0.308. The monoisotopic (exact) mass is 295 g/mol. The summed E-state index contributed by atoms with van der Waals surface area (Å²) in [7, 11) is 0. The van der Waals surface area contributed by atoms with Gasteiger partial charge in [0.05, 0.1) is 11.5 Å². The van der Waals surface area contributed by atoms with Crippen LogP contribution in [0.4, 0.5) is 0 Å². The fourth-order valence-corrected chi connectivity index (χ4v) is 2.30. The first kappa shape index (κ1) is 14.3. The Bertz CT molecular complexity index is 624. The van der Waals surface area contributed by atoms with E-state index in [2.05, 4.69) is 10.3 Å². The second-order valence-corrected chi connectivity index (χ2v) is 5.00. The Kier molecular flexibility index (Phi) is 4.24. The summed E-state index contributed by atoms with van der Waals surface area (Å²) in [6.45, 7) is 0. The standard InChI is InChI=1S/C13H14ClN3O3/c14-9-5-7(6-16-13(9)20)12(19)17-10-4-2-1-3-8(10)11(15)18/h1-2,5-6,8,10H,3-4H2,(H2,15,18)(H,16,20)(H,17,19)/t8-,10-/m1/s1. The molecule has 2 rings (SSSR count). The molecule has 0 saturated carbocycles. The maximum atomic E-state index is 12.1. The average Bonchev–Trinajstić information content (AvgIpc) is 2.42. The van der Waals surface area contributed by atoms with Gasteiger partial charge in [0.2, 0.25) is 5.91 Å². The molecule has 2 atom stereocenters. The molecule has 0 unspecified atom stereocenters. The Morgan fingerprint density at radius 3 is 2.70 bits per heavy atom. The van der Waals surface area contributed by atoms with E-state index in [4.69, 9.17) is 17.3 Å². The van der Waals surface area contributed by atoms with Gasteiger partial charge < -0.3 is 16.0 Å². The van der Waals surface area contributed by atoms with Crippen LogP contribution in [0, 0.1) is 5.92 Å². The van der Waals surface area contributed by atoms with E-state index in [0.717, 1.165) is 0 Å². The van der Waals surface area contributed by atoms with Gasteiger partial charge in [-0.25, -0.2) is 0 Å². The summed E-state index contributed by atoms with van der Waals surface area (Å²) in [5.74, 6) is -1.28. The molecule has 0 aromatic carbocycles. The van der Waals surface area contributed by atoms with E-state index in [1.165, 1.54) is 12.3 Å². The minimum atomic E-state index is -0.459. The van der Waals surface area contributed by atoms with Crippen molar-refractivity contribution >= 4 is 23.4 Å². The highest BCUT2D eigenvalue weighted by Gasteiger charge is 2.28. The molecule has 0 radical (unpaired) electrons. The molecule has 0 saturated heterocycles. The van der Waals surface area contributed by atoms with Gasteiger partial charge >= 0.3 is 0 Å². The first-order chi connectivity index (χ1) is 9.49. The average molecular weight is 296 g/mol. The summed E-state index contributed by atoms with van der Waals surface area (Å²) in [4.78, 5) is 36.9. The van der Waals surface area contributed by atoms with E-state index in [0.29, 0.717) is 12.8 Å². The highest BCUT2D eigenvalue weighted by Crippen LogP contribution is 2.19. The molecule has 7 heteroatoms. The SMILES string of the molecule is NC(=O)[C@@H]1CC=CC[C@H]1NC(=O)c1c[nH]c(=O)c(Cl)c1. The van der Waals surface area contributed by atoms with Crippen molar-refractivity contribution in [3.8, 4) is 0 Å². The molecule has 6 nitrogen and oxygen atoms in total. The number of halogens is 1. The number of aromatic amines is 1. The first-order valence-corrected chi connectivity index (χ1v) is 6.50. The van der Waals surface area contributed by atoms with Crippen molar-refractivity contribution in [2.75, 3.05) is 0 Å². The number of nitrogens with one attached hydrogen (secondary N) is 2. The predicted molar refractivity (Wildman–Crippen MR) is 74.4 cm³/mol. The number of nitrogens with two attached hydrogens (primary N) is 1. The third-order valence-corrected chi connectivity index (χ3v) is 3.52. The zero-order valence-electron chi connectivity index (χ0n) is 10.6. The Morgan fingerprint density at radius 2 is 2.05 bits per heavy atom. The second kappa shape index (κ2) is 5.92. The molecule has 0 aliphatic heterocycles. The van der Waals surface area contributed by atoms with E-state index in [1.807, 2.05) is 12.2 Å². The van der Waals surface area contributed by atoms with Crippen LogP contribution in [-0.4, -0.2) is 22.8 Å². The van der Waals surface area contributed by atoms with Crippen LogP contribution in [-0.2, 0) is 4.79 Å². The molecular weight excluding hydrogens is 282 g/mol. The quantitative estimate of drug-likeness (QED) is 0.710. The molecule has 1 aliphatic rings. The fourth-order valence-electron chi connectivity index (χ4n) is 2.13. The van der Waals surface area contributed by atoms with Crippen LogP contribution in [0.5, 0.6) is 0 Å². The number of hydrogen-bond acceptors (Lipinski definition) is 3. The molecule has 1 aliphatic carbocycles. The lowest BCUT2D eigenvalue weighted by molar-refractivity contribution is -0.122. The third kappa shape index (κ3) is 3.08. The molecule has 0 bridgehead atoms. The van der Waals surface area contributed by atoms with Gasteiger partial charge in [-0.15, -0.1) is 0 Å². The van der Waals surface area contributed by atoms with Crippen molar-refractivity contribution in [3.63, 3.8) is 0 Å². The normalized spacial score (nSPS) is 21.4. The molecule has 0 spiro atoms. The minimum absolute atomic E-state index is 0.0624. The minimum Gasteiger partial charge on any atom is -0.369 e. The van der Waals surface area contributed by atoms with E-state index < -0.39 is 23.3 Å². The highest BCUT2D eigenvalue weighted by molar-refractivity contribution is 6.30. The maximum absolute atomic E-state index is 12.1. The van der Waals surface area contributed by atoms with Crippen molar-refractivity contribution in [1.82, 2.24) is 10.3 Å². The van der Waals surface area contributed by atoms with Gasteiger partial charge in [0.25, 0.3) is 11.5 Å². The molecular formula is C13H14ClN3O3. The predicted octanol–water partition coefficient (Wildman–Crippen LogP) is 0.578. The van der Waals surface area contributed by atoms with Crippen molar-refractivity contribution in [3.05, 3.63) is 45.4 Å². The van der Waals surface area contributed by atoms with Crippen molar-refractivity contribution < 1.29 is 9.59 Å². The summed E-state index contributed by atoms with van der Waals surface area (Å²) < 4.78 is 0. The smallest absolute Gasteiger partial charge is 0.266 e. The molecule has 2 amide bonds. The topological polar surface area (TPSA) is 105 Å². The molecule has 1 heterocycles. The number of carbonyl (C=O) groups is 2. The lowest BCUT2D eigenvalue weighted by atomic mass is 9.88. The number of primary amides is 1. The number of amides is 2. The third-order valence-electron chi connectivity index (χ3n) is 3.23. The molecule has 0 fully saturated rings. The molecule has 1 aromatic rings. The van der Waals surface area contributed by atoms with Crippen LogP contribution in [0.15, 0.2) is 29.2 Å². The maximum Gasteiger partial charge on any atom is 0.266 e. The van der Waals surface area contributed by atoms with Crippen LogP contribution in [0.3, 0.4) is 0 Å². The number of hydrogen-bond donors (Lipinski definition) is 3. The van der Waals surface area contributed by atoms with Gasteiger partial charge in [-0.1, -0.05) is 23.8 Å². The van der Waals surface area contributed by atoms with Gasteiger partial charge in [0.1, 0.15) is 5.02 Å². The van der Waals surface area contributed by atoms with E-state index >= 15 is 0 Å². The number of H-pyrrole nitrogens is 1. The van der Waals surface area contributed by atoms with E-state index in [-0.39, 0.29) is 16.6 Å². The summed E-state index contributed by atoms with van der Waals surface area (Å²) in [5, 5.41) is 2.68. The zero-order chi connectivity index (χ0) is 14.7. The van der Waals surface area contributed by atoms with Crippen LogP contribution >= 0.6 is 11.6 Å². The van der Waals surface area contributed by atoms with Crippen molar-refractivity contribution in [2.45, 2.75) is 18.9 Å². The largest absolute Gasteiger partial charge is 0.369 e. The molecule has 20 heavy (non-hydrogen) atoms. The Balaban J connectivity index is 2.14. The van der Waals surface area contributed by atoms with Gasteiger partial charge in [0.15, 0.2) is 0 Å². The molecule has 4 N–H and O–H groups in total. The van der Waals surface area contributed by atoms with Crippen LogP contribution in [0.25, 0.3) is 0 Å². The number of allylic oxidation sites excluding steroid dienone is 1. The van der Waals surface area contributed by atoms with Crippen LogP contribution in [0.1, 0.15) is 23.2 Å². The van der Waals surface area contributed by atoms with E-state index in [9.17, 15) is 14.4 Å².